The number of carbonyl (C=O) groups is 1. The molecule has 19 heavy (non-hydrogen) atoms. The van der Waals surface area contributed by atoms with Crippen LogP contribution in [0, 0.1) is 18.6 Å². The summed E-state index contributed by atoms with van der Waals surface area (Å²) in [5.41, 5.74) is 4.81. The number of halogens is 2. The van der Waals surface area contributed by atoms with Gasteiger partial charge in [-0.1, -0.05) is 0 Å². The van der Waals surface area contributed by atoms with E-state index in [1.54, 1.807) is 11.3 Å². The van der Waals surface area contributed by atoms with Crippen molar-refractivity contribution in [3.05, 3.63) is 51.2 Å². The van der Waals surface area contributed by atoms with Crippen molar-refractivity contribution in [3.63, 3.8) is 0 Å². The molecule has 3 nitrogen and oxygen atoms in total. The Kier molecular flexibility index (Phi) is 3.80. The number of nitrogens with two attached hydrogens (primary N) is 1. The second kappa shape index (κ2) is 5.36. The molecule has 0 fully saturated rings. The number of rotatable bonds is 3. The van der Waals surface area contributed by atoms with Gasteiger partial charge in [-0.2, -0.15) is 0 Å². The fourth-order valence-electron chi connectivity index (χ4n) is 1.58. The summed E-state index contributed by atoms with van der Waals surface area (Å²) in [5.74, 6) is -2.41. The van der Waals surface area contributed by atoms with Crippen molar-refractivity contribution >= 4 is 22.9 Å². The van der Waals surface area contributed by atoms with E-state index in [9.17, 15) is 13.6 Å². The van der Waals surface area contributed by atoms with E-state index >= 15 is 0 Å². The maximum Gasteiger partial charge on any atom is 0.254 e. The quantitative estimate of drug-likeness (QED) is 0.850. The van der Waals surface area contributed by atoms with E-state index < -0.39 is 17.5 Å². The standard InChI is InChI=1S/C13H12F2N2OS/c1-7-2-3-8(19-7)6-17-13(18)9-4-12(16)11(15)5-10(9)14/h2-5H,6,16H2,1H3,(H,17,18). The zero-order valence-electron chi connectivity index (χ0n) is 10.2. The van der Waals surface area contributed by atoms with Crippen molar-refractivity contribution in [1.29, 1.82) is 0 Å². The molecule has 100 valence electrons. The molecule has 3 N–H and O–H groups in total. The molecule has 0 radical (unpaired) electrons. The van der Waals surface area contributed by atoms with E-state index in [4.69, 9.17) is 5.73 Å². The van der Waals surface area contributed by atoms with Crippen molar-refractivity contribution in [3.8, 4) is 0 Å². The third-order valence-electron chi connectivity index (χ3n) is 2.55. The highest BCUT2D eigenvalue weighted by molar-refractivity contribution is 7.11. The average molecular weight is 282 g/mol. The molecule has 0 aliphatic rings. The minimum Gasteiger partial charge on any atom is -0.396 e. The van der Waals surface area contributed by atoms with E-state index in [0.29, 0.717) is 12.6 Å². The first-order valence-corrected chi connectivity index (χ1v) is 6.37. The van der Waals surface area contributed by atoms with Crippen LogP contribution in [0.1, 0.15) is 20.1 Å². The first-order valence-electron chi connectivity index (χ1n) is 5.55. The summed E-state index contributed by atoms with van der Waals surface area (Å²) in [6.07, 6.45) is 0. The molecule has 1 heterocycles. The van der Waals surface area contributed by atoms with Crippen molar-refractivity contribution < 1.29 is 13.6 Å². The molecular formula is C13H12F2N2OS. The third-order valence-corrected chi connectivity index (χ3v) is 3.55. The highest BCUT2D eigenvalue weighted by atomic mass is 32.1. The van der Waals surface area contributed by atoms with Crippen LogP contribution in [0.2, 0.25) is 0 Å². The van der Waals surface area contributed by atoms with Crippen LogP contribution in [-0.4, -0.2) is 5.91 Å². The van der Waals surface area contributed by atoms with Crippen LogP contribution >= 0.6 is 11.3 Å². The Balaban J connectivity index is 2.10. The van der Waals surface area contributed by atoms with Crippen LogP contribution in [0.3, 0.4) is 0 Å². The lowest BCUT2D eigenvalue weighted by Gasteiger charge is -2.06. The molecule has 0 spiro atoms. The van der Waals surface area contributed by atoms with Gasteiger partial charge in [-0.05, 0) is 25.1 Å². The summed E-state index contributed by atoms with van der Waals surface area (Å²) < 4.78 is 26.4. The van der Waals surface area contributed by atoms with Gasteiger partial charge in [-0.25, -0.2) is 8.78 Å². The van der Waals surface area contributed by atoms with Gasteiger partial charge in [0.2, 0.25) is 0 Å². The zero-order valence-corrected chi connectivity index (χ0v) is 11.0. The summed E-state index contributed by atoms with van der Waals surface area (Å²) in [7, 11) is 0. The van der Waals surface area contributed by atoms with Crippen LogP contribution in [-0.2, 0) is 6.54 Å². The monoisotopic (exact) mass is 282 g/mol. The van der Waals surface area contributed by atoms with Crippen molar-refractivity contribution in [2.75, 3.05) is 5.73 Å². The number of hydrogen-bond donors (Lipinski definition) is 2. The number of thiophene rings is 1. The third kappa shape index (κ3) is 3.08. The lowest BCUT2D eigenvalue weighted by molar-refractivity contribution is 0.0947. The van der Waals surface area contributed by atoms with Gasteiger partial charge in [0.25, 0.3) is 5.91 Å². The Labute approximate surface area is 113 Å². The molecule has 0 aliphatic heterocycles. The molecule has 1 amide bonds. The molecule has 0 atom stereocenters. The molecule has 0 unspecified atom stereocenters. The number of anilines is 1. The smallest absolute Gasteiger partial charge is 0.254 e. The number of amides is 1. The van der Waals surface area contributed by atoms with Crippen LogP contribution in [0.4, 0.5) is 14.5 Å². The van der Waals surface area contributed by atoms with Crippen LogP contribution in [0.25, 0.3) is 0 Å². The fraction of sp³-hybridized carbons (Fsp3) is 0.154. The minimum atomic E-state index is -0.924. The van der Waals surface area contributed by atoms with Gasteiger partial charge >= 0.3 is 0 Å². The summed E-state index contributed by atoms with van der Waals surface area (Å²) in [6.45, 7) is 2.25. The molecule has 2 rings (SSSR count). The van der Waals surface area contributed by atoms with Gasteiger partial charge in [0, 0.05) is 15.8 Å². The molecule has 0 saturated heterocycles. The normalized spacial score (nSPS) is 10.5. The van der Waals surface area contributed by atoms with Crippen molar-refractivity contribution in [2.24, 2.45) is 0 Å². The lowest BCUT2D eigenvalue weighted by atomic mass is 10.1. The van der Waals surface area contributed by atoms with E-state index in [-0.39, 0.29) is 11.3 Å². The Morgan fingerprint density at radius 1 is 1.32 bits per heavy atom. The Bertz CT molecular complexity index is 625. The van der Waals surface area contributed by atoms with Crippen LogP contribution in [0.15, 0.2) is 24.3 Å². The van der Waals surface area contributed by atoms with Crippen LogP contribution in [0.5, 0.6) is 0 Å². The molecule has 1 aromatic heterocycles. The molecule has 6 heteroatoms. The van der Waals surface area contributed by atoms with Gasteiger partial charge in [-0.15, -0.1) is 11.3 Å². The fourth-order valence-corrected chi connectivity index (χ4v) is 2.41. The van der Waals surface area contributed by atoms with Gasteiger partial charge in [0.1, 0.15) is 11.6 Å². The minimum absolute atomic E-state index is 0.251. The summed E-state index contributed by atoms with van der Waals surface area (Å²) >= 11 is 1.54. The van der Waals surface area contributed by atoms with Gasteiger partial charge in [-0.3, -0.25) is 4.79 Å². The number of hydrogen-bond acceptors (Lipinski definition) is 3. The van der Waals surface area contributed by atoms with Crippen molar-refractivity contribution in [2.45, 2.75) is 13.5 Å². The first kappa shape index (κ1) is 13.5. The Hall–Kier alpha value is -1.95. The molecule has 0 saturated carbocycles. The van der Waals surface area contributed by atoms with Crippen molar-refractivity contribution in [1.82, 2.24) is 5.32 Å². The number of aryl methyl sites for hydroxylation is 1. The Morgan fingerprint density at radius 3 is 2.68 bits per heavy atom. The molecular weight excluding hydrogens is 270 g/mol. The highest BCUT2D eigenvalue weighted by Crippen LogP contribution is 2.18. The summed E-state index contributed by atoms with van der Waals surface area (Å²) in [4.78, 5) is 13.9. The number of nitrogens with one attached hydrogen (secondary N) is 1. The topological polar surface area (TPSA) is 55.1 Å². The van der Waals surface area contributed by atoms with Crippen LogP contribution < -0.4 is 11.1 Å². The Morgan fingerprint density at radius 2 is 2.05 bits per heavy atom. The second-order valence-corrected chi connectivity index (χ2v) is 5.42. The van der Waals surface area contributed by atoms with E-state index in [1.807, 2.05) is 19.1 Å². The van der Waals surface area contributed by atoms with Gasteiger partial charge in [0.05, 0.1) is 17.8 Å². The largest absolute Gasteiger partial charge is 0.396 e. The molecule has 0 bridgehead atoms. The SMILES string of the molecule is Cc1ccc(CNC(=O)c2cc(N)c(F)cc2F)s1. The summed E-state index contributed by atoms with van der Waals surface area (Å²) in [6, 6.07) is 5.43. The number of benzene rings is 1. The van der Waals surface area contributed by atoms with E-state index in [1.165, 1.54) is 0 Å². The second-order valence-electron chi connectivity index (χ2n) is 4.05. The predicted molar refractivity (Wildman–Crippen MR) is 71.0 cm³/mol. The van der Waals surface area contributed by atoms with Gasteiger partial charge in [0.15, 0.2) is 0 Å². The zero-order chi connectivity index (χ0) is 14.0. The lowest BCUT2D eigenvalue weighted by Crippen LogP contribution is -2.23. The van der Waals surface area contributed by atoms with E-state index in [2.05, 4.69) is 5.32 Å². The predicted octanol–water partition coefficient (Wildman–Crippen LogP) is 2.85. The molecule has 1 aromatic carbocycles. The number of carbonyl (C=O) groups excluding carboxylic acids is 1. The van der Waals surface area contributed by atoms with E-state index in [0.717, 1.165) is 15.8 Å². The first-order chi connectivity index (χ1) is 8.97. The maximum absolute atomic E-state index is 13.5. The average Bonchev–Trinajstić information content (AvgIpc) is 2.77. The molecule has 0 aliphatic carbocycles. The summed E-state index contributed by atoms with van der Waals surface area (Å²) in [5, 5.41) is 2.57. The molecule has 2 aromatic rings. The number of nitrogen functional groups attached to an aromatic ring is 1. The van der Waals surface area contributed by atoms with Gasteiger partial charge < -0.3 is 11.1 Å². The maximum atomic E-state index is 13.5. The highest BCUT2D eigenvalue weighted by Gasteiger charge is 2.14.